The van der Waals surface area contributed by atoms with Crippen molar-refractivity contribution in [2.24, 2.45) is 4.99 Å². The first-order valence-electron chi connectivity index (χ1n) is 9.67. The number of carbonyl (C=O) groups excluding carboxylic acids is 3. The van der Waals surface area contributed by atoms with Gasteiger partial charge in [0.25, 0.3) is 11.1 Å². The molecule has 2 aromatic rings. The van der Waals surface area contributed by atoms with Crippen molar-refractivity contribution in [1.29, 1.82) is 0 Å². The summed E-state index contributed by atoms with van der Waals surface area (Å²) in [6, 6.07) is 11.3. The van der Waals surface area contributed by atoms with Crippen molar-refractivity contribution >= 4 is 57.5 Å². The topological polar surface area (TPSA) is 104 Å². The normalized spacial score (nSPS) is 16.6. The summed E-state index contributed by atoms with van der Waals surface area (Å²) in [6.45, 7) is 0.610. The molecule has 0 atom stereocenters. The summed E-state index contributed by atoms with van der Waals surface area (Å²) in [5, 5.41) is 6.38. The molecule has 0 bridgehead atoms. The summed E-state index contributed by atoms with van der Waals surface area (Å²) in [5.41, 5.74) is 2.17. The maximum Gasteiger partial charge on any atom is 0.314 e. The van der Waals surface area contributed by atoms with E-state index >= 15 is 0 Å². The van der Waals surface area contributed by atoms with Crippen LogP contribution >= 0.6 is 23.5 Å². The number of nitrogens with one attached hydrogen (secondary N) is 2. The summed E-state index contributed by atoms with van der Waals surface area (Å²) >= 11 is 2.34. The van der Waals surface area contributed by atoms with Gasteiger partial charge in [-0.05, 0) is 53.7 Å². The van der Waals surface area contributed by atoms with Gasteiger partial charge in [-0.15, -0.1) is 0 Å². The molecule has 2 aliphatic rings. The number of thioether (sulfide) groups is 2. The fourth-order valence-electron chi connectivity index (χ4n) is 3.10. The van der Waals surface area contributed by atoms with Crippen LogP contribution in [0.15, 0.2) is 55.8 Å². The van der Waals surface area contributed by atoms with E-state index in [9.17, 15) is 14.4 Å². The molecule has 0 radical (unpaired) electrons. The molecule has 1 aromatic carbocycles. The van der Waals surface area contributed by atoms with Crippen LogP contribution in [0.3, 0.4) is 0 Å². The Morgan fingerprint density at radius 2 is 2.13 bits per heavy atom. The summed E-state index contributed by atoms with van der Waals surface area (Å²) in [6.07, 6.45) is 2.83. The number of benzene rings is 1. The fraction of sp³-hybridized carbons (Fsp3) is 0.238. The van der Waals surface area contributed by atoms with Gasteiger partial charge in [0.2, 0.25) is 0 Å². The monoisotopic (exact) mass is 456 g/mol. The third kappa shape index (κ3) is 5.02. The van der Waals surface area contributed by atoms with E-state index in [2.05, 4.69) is 21.7 Å². The highest BCUT2D eigenvalue weighted by Crippen LogP contribution is 2.35. The number of urea groups is 1. The Morgan fingerprint density at radius 3 is 2.94 bits per heavy atom. The Kier molecular flexibility index (Phi) is 6.47. The van der Waals surface area contributed by atoms with Gasteiger partial charge < -0.3 is 15.1 Å². The molecule has 3 heterocycles. The molecular weight excluding hydrogens is 436 g/mol. The molecule has 2 aliphatic heterocycles. The smallest absolute Gasteiger partial charge is 0.314 e. The Bertz CT molecular complexity index is 1090. The van der Waals surface area contributed by atoms with Crippen molar-refractivity contribution in [3.63, 3.8) is 0 Å². The number of nitrogens with zero attached hydrogens (tertiary/aromatic N) is 2. The zero-order valence-corrected chi connectivity index (χ0v) is 18.3. The lowest BCUT2D eigenvalue weighted by molar-refractivity contribution is -0.122. The number of amides is 4. The van der Waals surface area contributed by atoms with E-state index in [-0.39, 0.29) is 23.7 Å². The minimum atomic E-state index is -0.351. The van der Waals surface area contributed by atoms with Gasteiger partial charge in [0.05, 0.1) is 15.6 Å². The number of fused-ring (bicyclic) bond motifs is 1. The summed E-state index contributed by atoms with van der Waals surface area (Å²) in [4.78, 5) is 42.0. The maximum atomic E-state index is 12.6. The number of imide groups is 1. The first kappa shape index (κ1) is 21.3. The number of hydrogen-bond donors (Lipinski definition) is 2. The molecule has 1 saturated heterocycles. The number of para-hydroxylation sites is 1. The number of carbonyl (C=O) groups is 3. The Balaban J connectivity index is 1.34. The number of aliphatic imine (C=N–C) groups is 1. The van der Waals surface area contributed by atoms with Crippen molar-refractivity contribution in [2.45, 2.75) is 17.9 Å². The van der Waals surface area contributed by atoms with E-state index in [1.807, 2.05) is 24.3 Å². The van der Waals surface area contributed by atoms with Crippen LogP contribution in [-0.2, 0) is 11.2 Å². The van der Waals surface area contributed by atoms with Crippen LogP contribution in [0, 0.1) is 0 Å². The minimum Gasteiger partial charge on any atom is -0.450 e. The third-order valence-corrected chi connectivity index (χ3v) is 6.42. The number of hydrogen-bond acceptors (Lipinski definition) is 7. The Hall–Kier alpha value is -2.98. The average molecular weight is 457 g/mol. The highest BCUT2D eigenvalue weighted by Gasteiger charge is 2.34. The van der Waals surface area contributed by atoms with Crippen molar-refractivity contribution in [3.8, 4) is 0 Å². The average Bonchev–Trinajstić information content (AvgIpc) is 3.44. The highest BCUT2D eigenvalue weighted by atomic mass is 32.2. The Labute approximate surface area is 187 Å². The van der Waals surface area contributed by atoms with Gasteiger partial charge in [-0.1, -0.05) is 18.2 Å². The molecule has 0 saturated carbocycles. The van der Waals surface area contributed by atoms with Gasteiger partial charge in [0.1, 0.15) is 5.76 Å². The van der Waals surface area contributed by atoms with Crippen LogP contribution in [-0.4, -0.2) is 47.3 Å². The van der Waals surface area contributed by atoms with Gasteiger partial charge in [-0.3, -0.25) is 14.5 Å². The molecule has 4 rings (SSSR count). The molecule has 4 amide bonds. The molecule has 0 unspecified atom stereocenters. The van der Waals surface area contributed by atoms with Crippen molar-refractivity contribution < 1.29 is 18.8 Å². The molecule has 10 heteroatoms. The lowest BCUT2D eigenvalue weighted by atomic mass is 10.2. The first-order valence-corrected chi connectivity index (χ1v) is 11.3. The van der Waals surface area contributed by atoms with Crippen LogP contribution in [0.4, 0.5) is 15.3 Å². The standard InChI is InChI=1S/C21H20N4O4S2/c1-22-20(27)23-9-4-10-25-19(26)16(30-21(25)28)12-14-7-8-18(29-14)31-17-11-13-5-2-3-6-15(13)24-17/h2-3,5-8,12H,4,9-11H2,1H3,(H2,22,23,27)/b16-12-. The predicted molar refractivity (Wildman–Crippen MR) is 122 cm³/mol. The van der Waals surface area contributed by atoms with E-state index < -0.39 is 0 Å². The van der Waals surface area contributed by atoms with E-state index in [1.54, 1.807) is 12.1 Å². The zero-order valence-electron chi connectivity index (χ0n) is 16.7. The van der Waals surface area contributed by atoms with Crippen LogP contribution in [0.25, 0.3) is 6.08 Å². The van der Waals surface area contributed by atoms with Gasteiger partial charge in [0, 0.05) is 32.6 Å². The van der Waals surface area contributed by atoms with Crippen molar-refractivity contribution in [3.05, 3.63) is 52.6 Å². The summed E-state index contributed by atoms with van der Waals surface area (Å²) in [7, 11) is 1.52. The van der Waals surface area contributed by atoms with Crippen LogP contribution < -0.4 is 10.6 Å². The first-order chi connectivity index (χ1) is 15.0. The Morgan fingerprint density at radius 1 is 1.29 bits per heavy atom. The van der Waals surface area contributed by atoms with E-state index in [0.29, 0.717) is 28.7 Å². The summed E-state index contributed by atoms with van der Waals surface area (Å²) < 4.78 is 5.82. The second-order valence-electron chi connectivity index (χ2n) is 6.76. The van der Waals surface area contributed by atoms with E-state index in [4.69, 9.17) is 4.42 Å². The van der Waals surface area contributed by atoms with Gasteiger partial charge in [-0.2, -0.15) is 0 Å². The second-order valence-corrected chi connectivity index (χ2v) is 8.83. The molecule has 160 valence electrons. The predicted octanol–water partition coefficient (Wildman–Crippen LogP) is 4.01. The number of rotatable bonds is 6. The van der Waals surface area contributed by atoms with Crippen molar-refractivity contribution in [2.75, 3.05) is 20.1 Å². The molecule has 0 spiro atoms. The number of furan rings is 1. The molecule has 8 nitrogen and oxygen atoms in total. The molecule has 0 aliphatic carbocycles. The lowest BCUT2D eigenvalue weighted by Crippen LogP contribution is -2.36. The quantitative estimate of drug-likeness (QED) is 0.503. The van der Waals surface area contributed by atoms with Crippen LogP contribution in [0.1, 0.15) is 17.7 Å². The maximum absolute atomic E-state index is 12.6. The van der Waals surface area contributed by atoms with Gasteiger partial charge in [-0.25, -0.2) is 9.79 Å². The van der Waals surface area contributed by atoms with Crippen molar-refractivity contribution in [1.82, 2.24) is 15.5 Å². The highest BCUT2D eigenvalue weighted by molar-refractivity contribution is 8.18. The zero-order chi connectivity index (χ0) is 21.8. The summed E-state index contributed by atoms with van der Waals surface area (Å²) in [5.74, 6) is 0.154. The van der Waals surface area contributed by atoms with Crippen LogP contribution in [0.2, 0.25) is 0 Å². The van der Waals surface area contributed by atoms with Gasteiger partial charge in [0.15, 0.2) is 5.09 Å². The lowest BCUT2D eigenvalue weighted by Gasteiger charge is -2.12. The SMILES string of the molecule is CNC(=O)NCCCN1C(=O)S/C(=C\c2ccc(SC3=Nc4ccccc4C3)o2)C1=O. The second kappa shape index (κ2) is 9.44. The molecular formula is C21H20N4O4S2. The third-order valence-electron chi connectivity index (χ3n) is 4.62. The van der Waals surface area contributed by atoms with E-state index in [0.717, 1.165) is 28.9 Å². The van der Waals surface area contributed by atoms with Gasteiger partial charge >= 0.3 is 6.03 Å². The molecule has 1 aromatic heterocycles. The molecule has 1 fully saturated rings. The molecule has 2 N–H and O–H groups in total. The van der Waals surface area contributed by atoms with Crippen LogP contribution in [0.5, 0.6) is 0 Å². The fourth-order valence-corrected chi connectivity index (χ4v) is 4.82. The molecule has 31 heavy (non-hydrogen) atoms. The minimum absolute atomic E-state index is 0.242. The van der Waals surface area contributed by atoms with E-state index in [1.165, 1.54) is 29.3 Å². The largest absolute Gasteiger partial charge is 0.450 e.